The van der Waals surface area contributed by atoms with E-state index >= 15 is 0 Å². The van der Waals surface area contributed by atoms with E-state index < -0.39 is 0 Å². The Morgan fingerprint density at radius 2 is 1.85 bits per heavy atom. The zero-order valence-corrected chi connectivity index (χ0v) is 16.0. The van der Waals surface area contributed by atoms with Gasteiger partial charge in [-0.15, -0.1) is 11.3 Å². The normalized spacial score (nSPS) is 12.7. The number of benzene rings is 2. The summed E-state index contributed by atoms with van der Waals surface area (Å²) in [6.45, 7) is 4.10. The predicted molar refractivity (Wildman–Crippen MR) is 108 cm³/mol. The first-order valence-electron chi connectivity index (χ1n) is 8.78. The molecule has 0 radical (unpaired) electrons. The molecule has 5 nitrogen and oxygen atoms in total. The minimum Gasteiger partial charge on any atom is -0.326 e. The summed E-state index contributed by atoms with van der Waals surface area (Å²) in [5.41, 5.74) is 4.36. The monoisotopic (exact) mass is 377 g/mol. The van der Waals surface area contributed by atoms with Crippen LogP contribution in [0.5, 0.6) is 0 Å². The molecule has 3 aromatic rings. The van der Waals surface area contributed by atoms with Crippen molar-refractivity contribution < 1.29 is 9.59 Å². The molecule has 4 rings (SSSR count). The van der Waals surface area contributed by atoms with Crippen LogP contribution in [0.3, 0.4) is 0 Å². The quantitative estimate of drug-likeness (QED) is 0.741. The Morgan fingerprint density at radius 3 is 2.59 bits per heavy atom. The third-order valence-corrected chi connectivity index (χ3v) is 5.60. The number of carbonyl (C=O) groups excluding carboxylic acids is 2. The van der Waals surface area contributed by atoms with Crippen LogP contribution in [0.2, 0.25) is 0 Å². The summed E-state index contributed by atoms with van der Waals surface area (Å²) in [4.78, 5) is 31.6. The Morgan fingerprint density at radius 1 is 1.11 bits per heavy atom. The smallest absolute Gasteiger partial charge is 0.278 e. The number of aromatic nitrogens is 1. The standard InChI is InChI=1S/C21H19N3O2S/c1-13-19(21(26)24-12-11-15-5-3-4-6-18(15)24)23-20(27-13)16-7-9-17(10-8-16)22-14(2)25/h3-10H,11-12H2,1-2H3,(H,22,25). The number of fused-ring (bicyclic) bond motifs is 1. The lowest BCUT2D eigenvalue weighted by Crippen LogP contribution is -2.29. The maximum Gasteiger partial charge on any atom is 0.278 e. The Kier molecular flexibility index (Phi) is 4.49. The lowest BCUT2D eigenvalue weighted by molar-refractivity contribution is -0.114. The van der Waals surface area contributed by atoms with E-state index in [0.717, 1.165) is 33.2 Å². The molecule has 1 aliphatic rings. The predicted octanol–water partition coefficient (Wildman–Crippen LogP) is 4.28. The molecule has 0 atom stereocenters. The van der Waals surface area contributed by atoms with Gasteiger partial charge in [0.25, 0.3) is 5.91 Å². The first-order valence-corrected chi connectivity index (χ1v) is 9.60. The molecule has 6 heteroatoms. The maximum absolute atomic E-state index is 13.1. The van der Waals surface area contributed by atoms with Crippen LogP contribution in [0.4, 0.5) is 11.4 Å². The highest BCUT2D eigenvalue weighted by molar-refractivity contribution is 7.15. The molecule has 0 spiro atoms. The number of nitrogens with zero attached hydrogens (tertiary/aromatic N) is 2. The molecule has 1 aromatic heterocycles. The van der Waals surface area contributed by atoms with Crippen molar-refractivity contribution >= 4 is 34.5 Å². The summed E-state index contributed by atoms with van der Waals surface area (Å²) in [6, 6.07) is 15.5. The van der Waals surface area contributed by atoms with Crippen molar-refractivity contribution in [3.8, 4) is 10.6 Å². The molecule has 2 aromatic carbocycles. The van der Waals surface area contributed by atoms with Gasteiger partial charge < -0.3 is 10.2 Å². The number of thiazole rings is 1. The van der Waals surface area contributed by atoms with Crippen molar-refractivity contribution in [2.45, 2.75) is 20.3 Å². The molecule has 2 amide bonds. The van der Waals surface area contributed by atoms with Crippen molar-refractivity contribution in [3.63, 3.8) is 0 Å². The van der Waals surface area contributed by atoms with Crippen molar-refractivity contribution in [2.75, 3.05) is 16.8 Å². The topological polar surface area (TPSA) is 62.3 Å². The van der Waals surface area contributed by atoms with E-state index in [4.69, 9.17) is 0 Å². The molecule has 0 unspecified atom stereocenters. The van der Waals surface area contributed by atoms with E-state index in [1.807, 2.05) is 54.3 Å². The average molecular weight is 377 g/mol. The Labute approximate surface area is 161 Å². The zero-order chi connectivity index (χ0) is 19.0. The SMILES string of the molecule is CC(=O)Nc1ccc(-c2nc(C(=O)N3CCc4ccccc43)c(C)s2)cc1. The van der Waals surface area contributed by atoms with Crippen LogP contribution in [-0.2, 0) is 11.2 Å². The van der Waals surface area contributed by atoms with Gasteiger partial charge in [0.15, 0.2) is 0 Å². The van der Waals surface area contributed by atoms with Crippen LogP contribution >= 0.6 is 11.3 Å². The third kappa shape index (κ3) is 3.36. The van der Waals surface area contributed by atoms with E-state index in [1.54, 1.807) is 0 Å². The van der Waals surface area contributed by atoms with Crippen LogP contribution in [0.1, 0.15) is 27.9 Å². The van der Waals surface area contributed by atoms with Gasteiger partial charge in [0.1, 0.15) is 10.7 Å². The van der Waals surface area contributed by atoms with E-state index in [-0.39, 0.29) is 11.8 Å². The van der Waals surface area contributed by atoms with E-state index in [1.165, 1.54) is 23.8 Å². The van der Waals surface area contributed by atoms with Gasteiger partial charge in [-0.25, -0.2) is 4.98 Å². The fraction of sp³-hybridized carbons (Fsp3) is 0.190. The minimum absolute atomic E-state index is 0.0465. The van der Waals surface area contributed by atoms with Crippen molar-refractivity contribution in [1.29, 1.82) is 0 Å². The molecule has 0 aliphatic carbocycles. The lowest BCUT2D eigenvalue weighted by Gasteiger charge is -2.16. The molecule has 2 heterocycles. The largest absolute Gasteiger partial charge is 0.326 e. The third-order valence-electron chi connectivity index (χ3n) is 4.58. The number of nitrogens with one attached hydrogen (secondary N) is 1. The number of carbonyl (C=O) groups is 2. The van der Waals surface area contributed by atoms with E-state index in [0.29, 0.717) is 12.2 Å². The average Bonchev–Trinajstić information content (AvgIpc) is 3.25. The Balaban J connectivity index is 1.60. The van der Waals surface area contributed by atoms with Crippen molar-refractivity contribution in [2.24, 2.45) is 0 Å². The number of rotatable bonds is 3. The maximum atomic E-state index is 13.1. The van der Waals surface area contributed by atoms with E-state index in [9.17, 15) is 9.59 Å². The first-order chi connectivity index (χ1) is 13.0. The number of hydrogen-bond acceptors (Lipinski definition) is 4. The molecular formula is C21H19N3O2S. The van der Waals surface area contributed by atoms with Gasteiger partial charge in [-0.05, 0) is 49.2 Å². The van der Waals surface area contributed by atoms with Gasteiger partial charge in [0.05, 0.1) is 0 Å². The molecule has 0 saturated heterocycles. The highest BCUT2D eigenvalue weighted by atomic mass is 32.1. The minimum atomic E-state index is -0.105. The number of anilines is 2. The number of para-hydroxylation sites is 1. The number of hydrogen-bond donors (Lipinski definition) is 1. The van der Waals surface area contributed by atoms with Gasteiger partial charge in [0.2, 0.25) is 5.91 Å². The second-order valence-corrected chi connectivity index (χ2v) is 7.72. The summed E-state index contributed by atoms with van der Waals surface area (Å²) in [5, 5.41) is 3.55. The van der Waals surface area contributed by atoms with Gasteiger partial charge >= 0.3 is 0 Å². The second kappa shape index (κ2) is 6.96. The van der Waals surface area contributed by atoms with Crippen LogP contribution < -0.4 is 10.2 Å². The fourth-order valence-corrected chi connectivity index (χ4v) is 4.21. The summed E-state index contributed by atoms with van der Waals surface area (Å²) >= 11 is 1.51. The summed E-state index contributed by atoms with van der Waals surface area (Å²) in [6.07, 6.45) is 0.878. The summed E-state index contributed by atoms with van der Waals surface area (Å²) < 4.78 is 0. The molecule has 136 valence electrons. The number of aryl methyl sites for hydroxylation is 1. The van der Waals surface area contributed by atoms with Crippen molar-refractivity contribution in [3.05, 3.63) is 64.7 Å². The summed E-state index contributed by atoms with van der Waals surface area (Å²) in [5.74, 6) is -0.151. The molecule has 0 fully saturated rings. The van der Waals surface area contributed by atoms with Crippen LogP contribution in [0.15, 0.2) is 48.5 Å². The molecule has 1 aliphatic heterocycles. The molecule has 0 bridgehead atoms. The molecule has 27 heavy (non-hydrogen) atoms. The van der Waals surface area contributed by atoms with E-state index in [2.05, 4.69) is 16.4 Å². The van der Waals surface area contributed by atoms with Gasteiger partial charge in [-0.3, -0.25) is 9.59 Å². The fourth-order valence-electron chi connectivity index (χ4n) is 3.29. The second-order valence-electron chi connectivity index (χ2n) is 6.52. The van der Waals surface area contributed by atoms with Crippen LogP contribution in [0.25, 0.3) is 10.6 Å². The van der Waals surface area contributed by atoms with Gasteiger partial charge in [0, 0.05) is 35.3 Å². The van der Waals surface area contributed by atoms with Crippen LogP contribution in [0, 0.1) is 6.92 Å². The number of amides is 2. The van der Waals surface area contributed by atoms with Crippen molar-refractivity contribution in [1.82, 2.24) is 4.98 Å². The lowest BCUT2D eigenvalue weighted by atomic mass is 10.2. The highest BCUT2D eigenvalue weighted by Gasteiger charge is 2.28. The highest BCUT2D eigenvalue weighted by Crippen LogP contribution is 2.33. The Hall–Kier alpha value is -2.99. The molecule has 0 saturated carbocycles. The van der Waals surface area contributed by atoms with Gasteiger partial charge in [-0.2, -0.15) is 0 Å². The summed E-state index contributed by atoms with van der Waals surface area (Å²) in [7, 11) is 0. The Bertz CT molecular complexity index is 1020. The van der Waals surface area contributed by atoms with Crippen LogP contribution in [-0.4, -0.2) is 23.3 Å². The van der Waals surface area contributed by atoms with Gasteiger partial charge in [-0.1, -0.05) is 18.2 Å². The molecule has 1 N–H and O–H groups in total. The first kappa shape index (κ1) is 17.4. The zero-order valence-electron chi connectivity index (χ0n) is 15.2. The molecular weight excluding hydrogens is 358 g/mol.